The van der Waals surface area contributed by atoms with Gasteiger partial charge in [0.1, 0.15) is 11.4 Å². The molecule has 1 unspecified atom stereocenters. The van der Waals surface area contributed by atoms with Gasteiger partial charge >= 0.3 is 19.5 Å². The number of halogens is 2. The van der Waals surface area contributed by atoms with E-state index >= 15 is 0 Å². The van der Waals surface area contributed by atoms with Crippen LogP contribution in [0, 0.1) is 17.8 Å². The standard InChI is InChI=1S/C12H16O3.C10H17O3P.C9H5Cl2N3O2.C2H4O2/c1-3-9(2)10-6-4-5-7-11(10)15-8-12(13)14;11-14(12,13)10-4-7-1-8(5-10)3-9(2-7)6-10;10-4-1-2-5(6(11)3-4)7-8(9(15)16)13-14-12-7;1-2(3)4/h4-7,9H,3,8H2,1-2H3,(H,13,14);7-9H,1-6H2,(H2,11,12,13);1-3H,(H,15,16)(H,12,13,14);1H3,(H,3,4). The summed E-state index contributed by atoms with van der Waals surface area (Å²) in [6.07, 6.45) is 7.10. The van der Waals surface area contributed by atoms with Gasteiger partial charge in [0.05, 0.1) is 10.2 Å². The molecular formula is C33H42Cl2N3O10P. The molecule has 0 saturated heterocycles. The maximum absolute atomic E-state index is 11.6. The number of benzene rings is 2. The zero-order valence-corrected chi connectivity index (χ0v) is 29.8. The van der Waals surface area contributed by atoms with Gasteiger partial charge in [-0.05, 0) is 98.4 Å². The number of carbonyl (C=O) groups is 3. The number of hydrogen-bond acceptors (Lipinski definition) is 7. The number of aromatic carboxylic acids is 1. The van der Waals surface area contributed by atoms with Gasteiger partial charge in [-0.1, -0.05) is 55.2 Å². The molecule has 0 radical (unpaired) electrons. The van der Waals surface area contributed by atoms with Crippen LogP contribution in [-0.2, 0) is 14.2 Å². The van der Waals surface area contributed by atoms with Crippen LogP contribution in [0.4, 0.5) is 0 Å². The highest BCUT2D eigenvalue weighted by Crippen LogP contribution is 2.69. The Hall–Kier alpha value is -3.48. The fourth-order valence-corrected chi connectivity index (χ4v) is 9.04. The van der Waals surface area contributed by atoms with Gasteiger partial charge in [0.15, 0.2) is 12.3 Å². The van der Waals surface area contributed by atoms with E-state index < -0.39 is 30.7 Å². The van der Waals surface area contributed by atoms with Gasteiger partial charge in [-0.2, -0.15) is 10.3 Å². The maximum Gasteiger partial charge on any atom is 0.358 e. The molecule has 0 spiro atoms. The molecule has 4 aliphatic carbocycles. The van der Waals surface area contributed by atoms with E-state index in [-0.39, 0.29) is 18.0 Å². The van der Waals surface area contributed by atoms with E-state index in [1.807, 2.05) is 24.3 Å². The summed E-state index contributed by atoms with van der Waals surface area (Å²) in [5.41, 5.74) is 1.55. The van der Waals surface area contributed by atoms with E-state index in [4.69, 9.17) is 48.1 Å². The van der Waals surface area contributed by atoms with E-state index in [1.165, 1.54) is 25.3 Å². The van der Waals surface area contributed by atoms with Crippen LogP contribution in [0.1, 0.15) is 87.7 Å². The third-order valence-corrected chi connectivity index (χ3v) is 11.3. The molecule has 4 fully saturated rings. The minimum Gasteiger partial charge on any atom is -0.482 e. The number of aromatic amines is 1. The Morgan fingerprint density at radius 2 is 1.53 bits per heavy atom. The van der Waals surface area contributed by atoms with E-state index in [0.717, 1.165) is 38.2 Å². The zero-order chi connectivity index (χ0) is 36.5. The number of nitrogens with one attached hydrogen (secondary N) is 1. The lowest BCUT2D eigenvalue weighted by atomic mass is 9.56. The van der Waals surface area contributed by atoms with Crippen molar-refractivity contribution in [2.24, 2.45) is 17.8 Å². The van der Waals surface area contributed by atoms with Crippen molar-refractivity contribution in [1.29, 1.82) is 0 Å². The number of carboxylic acid groups (broad SMARTS) is 3. The molecule has 268 valence electrons. The first-order valence-electron chi connectivity index (χ1n) is 15.7. The van der Waals surface area contributed by atoms with Crippen molar-refractivity contribution in [3.05, 3.63) is 63.8 Å². The summed E-state index contributed by atoms with van der Waals surface area (Å²) in [4.78, 5) is 49.2. The number of aliphatic carboxylic acids is 2. The van der Waals surface area contributed by atoms with Crippen LogP contribution in [0.2, 0.25) is 10.0 Å². The average Bonchev–Trinajstić information content (AvgIpc) is 3.49. The number of ether oxygens (including phenoxy) is 1. The molecular weight excluding hydrogens is 700 g/mol. The van der Waals surface area contributed by atoms with Crippen molar-refractivity contribution >= 4 is 48.7 Å². The van der Waals surface area contributed by atoms with Crippen LogP contribution in [-0.4, -0.2) is 70.2 Å². The molecule has 0 aliphatic heterocycles. The minimum absolute atomic E-state index is 0.177. The lowest BCUT2D eigenvalue weighted by Gasteiger charge is -2.56. The molecule has 49 heavy (non-hydrogen) atoms. The first-order valence-corrected chi connectivity index (χ1v) is 18.1. The van der Waals surface area contributed by atoms with Gasteiger partial charge in [0.2, 0.25) is 0 Å². The second kappa shape index (κ2) is 17.4. The van der Waals surface area contributed by atoms with Crippen LogP contribution < -0.4 is 4.74 Å². The van der Waals surface area contributed by atoms with E-state index in [0.29, 0.717) is 45.0 Å². The van der Waals surface area contributed by atoms with Crippen molar-refractivity contribution in [2.45, 2.75) is 76.8 Å². The quantitative estimate of drug-likeness (QED) is 0.125. The van der Waals surface area contributed by atoms with Gasteiger partial charge in [0.25, 0.3) is 5.97 Å². The van der Waals surface area contributed by atoms with Gasteiger partial charge in [-0.15, -0.1) is 5.10 Å². The van der Waals surface area contributed by atoms with Crippen LogP contribution >= 0.6 is 30.8 Å². The molecule has 3 aromatic rings. The topological polar surface area (TPSA) is 220 Å². The Kier molecular flexibility index (Phi) is 14.2. The SMILES string of the molecule is CC(=O)O.CCC(C)c1ccccc1OCC(=O)O.O=C(O)c1n[nH]nc1-c1ccc(Cl)cc1Cl.O=P(O)(O)C12CC3CC(CC(C3)C1)C2. The van der Waals surface area contributed by atoms with Crippen LogP contribution in [0.3, 0.4) is 0 Å². The number of nitrogens with zero attached hydrogens (tertiary/aromatic N) is 2. The third-order valence-electron chi connectivity index (χ3n) is 8.97. The minimum atomic E-state index is -3.87. The van der Waals surface area contributed by atoms with Gasteiger partial charge in [0, 0.05) is 17.5 Å². The highest BCUT2D eigenvalue weighted by atomic mass is 35.5. The molecule has 2 aromatic carbocycles. The average molecular weight is 743 g/mol. The Balaban J connectivity index is 0.000000189. The molecule has 16 heteroatoms. The predicted molar refractivity (Wildman–Crippen MR) is 183 cm³/mol. The van der Waals surface area contributed by atoms with E-state index in [9.17, 15) is 23.9 Å². The molecule has 7 rings (SSSR count). The molecule has 4 bridgehead atoms. The molecule has 4 saturated carbocycles. The summed E-state index contributed by atoms with van der Waals surface area (Å²) in [5, 5.41) is 34.5. The fourth-order valence-electron chi connectivity index (χ4n) is 7.05. The van der Waals surface area contributed by atoms with E-state index in [1.54, 1.807) is 12.1 Å². The third kappa shape index (κ3) is 11.0. The van der Waals surface area contributed by atoms with Crippen LogP contribution in [0.5, 0.6) is 5.75 Å². The number of carboxylic acids is 3. The monoisotopic (exact) mass is 741 g/mol. The summed E-state index contributed by atoms with van der Waals surface area (Å²) in [5.74, 6) is -0.0374. The first kappa shape index (κ1) is 40.0. The number of hydrogen-bond donors (Lipinski definition) is 6. The van der Waals surface area contributed by atoms with Crippen molar-refractivity contribution in [3.8, 4) is 17.0 Å². The second-order valence-electron chi connectivity index (χ2n) is 12.7. The molecule has 1 aromatic heterocycles. The van der Waals surface area contributed by atoms with E-state index in [2.05, 4.69) is 29.3 Å². The van der Waals surface area contributed by atoms with Gasteiger partial charge in [-0.25, -0.2) is 9.59 Å². The number of rotatable bonds is 8. The highest BCUT2D eigenvalue weighted by Gasteiger charge is 2.58. The Bertz CT molecular complexity index is 1620. The van der Waals surface area contributed by atoms with Crippen molar-refractivity contribution in [3.63, 3.8) is 0 Å². The molecule has 1 atom stereocenters. The number of para-hydroxylation sites is 1. The number of aromatic nitrogens is 3. The normalized spacial score (nSPS) is 22.2. The molecule has 6 N–H and O–H groups in total. The van der Waals surface area contributed by atoms with Gasteiger partial charge < -0.3 is 29.8 Å². The summed E-state index contributed by atoms with van der Waals surface area (Å²) in [6.45, 7) is 5.00. The molecule has 0 amide bonds. The largest absolute Gasteiger partial charge is 0.482 e. The maximum atomic E-state index is 11.6. The lowest BCUT2D eigenvalue weighted by Crippen LogP contribution is -2.50. The second-order valence-corrected chi connectivity index (χ2v) is 15.6. The van der Waals surface area contributed by atoms with Crippen molar-refractivity contribution in [2.75, 3.05) is 6.61 Å². The summed E-state index contributed by atoms with van der Waals surface area (Å²) in [6, 6.07) is 12.3. The Labute approximate surface area is 294 Å². The van der Waals surface area contributed by atoms with Crippen LogP contribution in [0.25, 0.3) is 11.3 Å². The summed E-state index contributed by atoms with van der Waals surface area (Å²) >= 11 is 11.7. The summed E-state index contributed by atoms with van der Waals surface area (Å²) < 4.78 is 16.8. The first-order chi connectivity index (χ1) is 23.0. The molecule has 13 nitrogen and oxygen atoms in total. The van der Waals surface area contributed by atoms with Gasteiger partial charge in [-0.3, -0.25) is 9.36 Å². The number of H-pyrrole nitrogens is 1. The van der Waals surface area contributed by atoms with Crippen molar-refractivity contribution in [1.82, 2.24) is 15.4 Å². The molecule has 4 aliphatic rings. The summed E-state index contributed by atoms with van der Waals surface area (Å²) in [7, 11) is -3.87. The Morgan fingerprint density at radius 3 is 2.00 bits per heavy atom. The fraction of sp³-hybridized carbons (Fsp3) is 0.485. The Morgan fingerprint density at radius 1 is 0.980 bits per heavy atom. The smallest absolute Gasteiger partial charge is 0.358 e. The van der Waals surface area contributed by atoms with Crippen LogP contribution in [0.15, 0.2) is 42.5 Å². The predicted octanol–water partition coefficient (Wildman–Crippen LogP) is 7.36. The zero-order valence-electron chi connectivity index (χ0n) is 27.4. The lowest BCUT2D eigenvalue weighted by molar-refractivity contribution is -0.139. The van der Waals surface area contributed by atoms with Crippen molar-refractivity contribution < 1.29 is 48.8 Å². The molecule has 1 heterocycles. The highest BCUT2D eigenvalue weighted by molar-refractivity contribution is 7.53.